The zero-order valence-corrected chi connectivity index (χ0v) is 28.3. The maximum atomic E-state index is 14.1. The number of carbonyl (C=O) groups is 1. The van der Waals surface area contributed by atoms with Crippen molar-refractivity contribution in [2.24, 2.45) is 4.99 Å². The highest BCUT2D eigenvalue weighted by Crippen LogP contribution is 2.38. The van der Waals surface area contributed by atoms with E-state index >= 15 is 0 Å². The zero-order chi connectivity index (χ0) is 32.2. The number of esters is 1. The highest BCUT2D eigenvalue weighted by atomic mass is 79.9. The number of aromatic nitrogens is 1. The predicted molar refractivity (Wildman–Crippen MR) is 176 cm³/mol. The summed E-state index contributed by atoms with van der Waals surface area (Å²) in [6, 6.07) is 15.5. The van der Waals surface area contributed by atoms with Crippen LogP contribution in [-0.4, -0.2) is 38.5 Å². The molecule has 0 radical (unpaired) electrons. The molecule has 0 spiro atoms. The largest absolute Gasteiger partial charge is 0.493 e. The Morgan fingerprint density at radius 2 is 1.78 bits per heavy atom. The lowest BCUT2D eigenvalue weighted by Crippen LogP contribution is -2.40. The van der Waals surface area contributed by atoms with E-state index in [9.17, 15) is 9.59 Å². The van der Waals surface area contributed by atoms with Gasteiger partial charge in [0.2, 0.25) is 0 Å². The number of rotatable bonds is 10. The molecule has 0 saturated carbocycles. The van der Waals surface area contributed by atoms with Crippen LogP contribution in [0.2, 0.25) is 5.02 Å². The highest BCUT2D eigenvalue weighted by Gasteiger charge is 2.34. The molecule has 0 aliphatic carbocycles. The van der Waals surface area contributed by atoms with Crippen LogP contribution < -0.4 is 33.8 Å². The summed E-state index contributed by atoms with van der Waals surface area (Å²) in [5.41, 5.74) is 2.58. The molecule has 12 heteroatoms. The number of thiazole rings is 1. The molecule has 0 saturated heterocycles. The molecule has 45 heavy (non-hydrogen) atoms. The van der Waals surface area contributed by atoms with Crippen molar-refractivity contribution in [1.29, 1.82) is 0 Å². The number of ether oxygens (including phenoxy) is 5. The third-order valence-corrected chi connectivity index (χ3v) is 9.06. The molecule has 234 valence electrons. The molecule has 0 bridgehead atoms. The van der Waals surface area contributed by atoms with Gasteiger partial charge in [-0.2, -0.15) is 0 Å². The molecule has 2 heterocycles. The molecule has 3 aromatic carbocycles. The second-order valence-electron chi connectivity index (χ2n) is 9.83. The first-order valence-electron chi connectivity index (χ1n) is 13.9. The van der Waals surface area contributed by atoms with E-state index in [2.05, 4.69) is 20.9 Å². The normalized spacial score (nSPS) is 14.5. The molecule has 1 aliphatic heterocycles. The summed E-state index contributed by atoms with van der Waals surface area (Å²) in [5, 5.41) is 0.604. The van der Waals surface area contributed by atoms with E-state index in [-0.39, 0.29) is 24.3 Å². The van der Waals surface area contributed by atoms with Crippen LogP contribution in [0.15, 0.2) is 80.1 Å². The Morgan fingerprint density at radius 3 is 2.47 bits per heavy atom. The number of hydrogen-bond donors (Lipinski definition) is 0. The Labute approximate surface area is 277 Å². The number of fused-ring (bicyclic) bond motifs is 1. The van der Waals surface area contributed by atoms with Gasteiger partial charge in [0.1, 0.15) is 6.61 Å². The quantitative estimate of drug-likeness (QED) is 0.191. The molecule has 1 aliphatic rings. The van der Waals surface area contributed by atoms with Crippen molar-refractivity contribution in [2.75, 3.05) is 27.9 Å². The van der Waals surface area contributed by atoms with E-state index in [1.165, 1.54) is 23.0 Å². The summed E-state index contributed by atoms with van der Waals surface area (Å²) in [7, 11) is 4.62. The van der Waals surface area contributed by atoms with Crippen LogP contribution in [0.3, 0.4) is 0 Å². The van der Waals surface area contributed by atoms with Gasteiger partial charge in [0.05, 0.1) is 54.3 Å². The Bertz CT molecular complexity index is 1990. The van der Waals surface area contributed by atoms with Crippen LogP contribution in [-0.2, 0) is 16.1 Å². The van der Waals surface area contributed by atoms with Crippen molar-refractivity contribution in [3.8, 4) is 23.0 Å². The Kier molecular flexibility index (Phi) is 10.0. The Hall–Kier alpha value is -4.06. The third kappa shape index (κ3) is 6.51. The van der Waals surface area contributed by atoms with E-state index in [0.29, 0.717) is 58.7 Å². The van der Waals surface area contributed by atoms with Gasteiger partial charge in [0, 0.05) is 10.6 Å². The summed E-state index contributed by atoms with van der Waals surface area (Å²) in [5.74, 6) is 1.40. The Balaban J connectivity index is 1.60. The van der Waals surface area contributed by atoms with Gasteiger partial charge in [-0.25, -0.2) is 9.79 Å². The van der Waals surface area contributed by atoms with E-state index in [0.717, 1.165) is 5.56 Å². The summed E-state index contributed by atoms with van der Waals surface area (Å²) >= 11 is 11.1. The minimum Gasteiger partial charge on any atom is -0.493 e. The van der Waals surface area contributed by atoms with Gasteiger partial charge >= 0.3 is 5.97 Å². The summed E-state index contributed by atoms with van der Waals surface area (Å²) < 4.78 is 30.6. The van der Waals surface area contributed by atoms with Gasteiger partial charge in [0.15, 0.2) is 27.8 Å². The number of benzene rings is 3. The third-order valence-electron chi connectivity index (χ3n) is 7.12. The number of nitrogens with zero attached hydrogens (tertiary/aromatic N) is 2. The van der Waals surface area contributed by atoms with Gasteiger partial charge in [-0.3, -0.25) is 9.36 Å². The summed E-state index contributed by atoms with van der Waals surface area (Å²) in [4.78, 5) is 32.4. The van der Waals surface area contributed by atoms with Crippen LogP contribution in [0.4, 0.5) is 0 Å². The van der Waals surface area contributed by atoms with Crippen LogP contribution in [0.5, 0.6) is 23.0 Å². The van der Waals surface area contributed by atoms with E-state index in [4.69, 9.17) is 35.3 Å². The SMILES string of the molecule is CCOC(=O)C1=C(C)N=c2s/c(=C\c3cc(Br)c(OCc4ccccc4Cl)c(OC)c3)c(=O)n2[C@H]1c1ccc(OC)c(OC)c1. The van der Waals surface area contributed by atoms with Crippen LogP contribution in [0.25, 0.3) is 6.08 Å². The van der Waals surface area contributed by atoms with Crippen molar-refractivity contribution >= 4 is 50.9 Å². The minimum atomic E-state index is -0.802. The number of allylic oxidation sites excluding steroid dienone is 1. The van der Waals surface area contributed by atoms with E-state index < -0.39 is 12.0 Å². The van der Waals surface area contributed by atoms with E-state index in [1.54, 1.807) is 64.5 Å². The molecular formula is C33H30BrClN2O7S. The molecule has 0 fully saturated rings. The molecule has 0 N–H and O–H groups in total. The molecule has 1 atom stereocenters. The number of hydrogen-bond acceptors (Lipinski definition) is 9. The maximum absolute atomic E-state index is 14.1. The van der Waals surface area contributed by atoms with Crippen molar-refractivity contribution < 1.29 is 28.5 Å². The first-order chi connectivity index (χ1) is 21.7. The average Bonchev–Trinajstić information content (AvgIpc) is 3.33. The topological polar surface area (TPSA) is 97.6 Å². The fraction of sp³-hybridized carbons (Fsp3) is 0.242. The van der Waals surface area contributed by atoms with Gasteiger partial charge in [-0.1, -0.05) is 47.2 Å². The minimum absolute atomic E-state index is 0.174. The second-order valence-corrected chi connectivity index (χ2v) is 12.1. The first-order valence-corrected chi connectivity index (χ1v) is 15.8. The van der Waals surface area contributed by atoms with Gasteiger partial charge in [0.25, 0.3) is 5.56 Å². The molecular weight excluding hydrogens is 684 g/mol. The lowest BCUT2D eigenvalue weighted by atomic mass is 9.95. The number of methoxy groups -OCH3 is 3. The predicted octanol–water partition coefficient (Wildman–Crippen LogP) is 5.82. The smallest absolute Gasteiger partial charge is 0.338 e. The lowest BCUT2D eigenvalue weighted by molar-refractivity contribution is -0.139. The number of carbonyl (C=O) groups excluding carboxylic acids is 1. The summed E-state index contributed by atoms with van der Waals surface area (Å²) in [6.45, 7) is 3.88. The zero-order valence-electron chi connectivity index (χ0n) is 25.2. The van der Waals surface area contributed by atoms with Crippen LogP contribution in [0, 0.1) is 0 Å². The van der Waals surface area contributed by atoms with Crippen molar-refractivity contribution in [3.63, 3.8) is 0 Å². The van der Waals surface area contributed by atoms with Gasteiger partial charge in [-0.05, 0) is 77.3 Å². The fourth-order valence-electron chi connectivity index (χ4n) is 5.01. The highest BCUT2D eigenvalue weighted by molar-refractivity contribution is 9.10. The molecule has 9 nitrogen and oxygen atoms in total. The maximum Gasteiger partial charge on any atom is 0.338 e. The molecule has 4 aromatic rings. The van der Waals surface area contributed by atoms with Crippen LogP contribution in [0.1, 0.15) is 36.6 Å². The molecule has 0 amide bonds. The monoisotopic (exact) mass is 712 g/mol. The molecule has 1 aromatic heterocycles. The number of halogens is 2. The molecule has 5 rings (SSSR count). The average molecular weight is 714 g/mol. The van der Waals surface area contributed by atoms with Gasteiger partial charge in [-0.15, -0.1) is 0 Å². The molecule has 0 unspecified atom stereocenters. The Morgan fingerprint density at radius 1 is 1.04 bits per heavy atom. The van der Waals surface area contributed by atoms with Crippen molar-refractivity contribution in [2.45, 2.75) is 26.5 Å². The van der Waals surface area contributed by atoms with Crippen molar-refractivity contribution in [3.05, 3.63) is 112 Å². The summed E-state index contributed by atoms with van der Waals surface area (Å²) in [6.07, 6.45) is 1.75. The first kappa shape index (κ1) is 32.3. The lowest BCUT2D eigenvalue weighted by Gasteiger charge is -2.25. The standard InChI is InChI=1S/C33H30BrClN2O7S/c1-6-43-32(39)28-18(2)36-33-37(29(28)20-11-12-24(40-3)25(16-20)41-4)31(38)27(45-33)15-19-13-22(34)30(26(14-19)42-5)44-17-21-9-7-8-10-23(21)35/h7-16,29H,6,17H2,1-5H3/b27-15-/t29-/m0/s1. The second kappa shape index (κ2) is 13.9. The van der Waals surface area contributed by atoms with Crippen molar-refractivity contribution in [1.82, 2.24) is 4.57 Å². The van der Waals surface area contributed by atoms with E-state index in [1.807, 2.05) is 24.3 Å². The fourth-order valence-corrected chi connectivity index (χ4v) is 6.82. The van der Waals surface area contributed by atoms with Gasteiger partial charge < -0.3 is 23.7 Å². The van der Waals surface area contributed by atoms with Crippen LogP contribution >= 0.6 is 38.9 Å².